The quantitative estimate of drug-likeness (QED) is 0.531. The lowest BCUT2D eigenvalue weighted by molar-refractivity contribution is 0.0600. The number of methoxy groups -OCH3 is 1. The Balaban J connectivity index is 2.84. The summed E-state index contributed by atoms with van der Waals surface area (Å²) in [6.45, 7) is 11.2. The number of carbonyl (C=O) groups is 1. The predicted molar refractivity (Wildman–Crippen MR) is 101 cm³/mol. The van der Waals surface area contributed by atoms with Gasteiger partial charge in [0.2, 0.25) is 10.0 Å². The van der Waals surface area contributed by atoms with E-state index < -0.39 is 24.3 Å². The second-order valence-corrected chi connectivity index (χ2v) is 14.3. The van der Waals surface area contributed by atoms with Crippen molar-refractivity contribution in [3.63, 3.8) is 0 Å². The number of carbonyl (C=O) groups excluding carboxylic acids is 1. The van der Waals surface area contributed by atoms with Gasteiger partial charge in [-0.15, -0.1) is 0 Å². The normalized spacial score (nSPS) is 13.1. The van der Waals surface area contributed by atoms with Crippen LogP contribution >= 0.6 is 0 Å². The SMILES string of the molecule is COC(=O)c1cccc(S(=O)(=O)N(C)CCO[Si](C)(C)C(C)(C)C)c1. The van der Waals surface area contributed by atoms with Crippen molar-refractivity contribution in [1.29, 1.82) is 0 Å². The minimum atomic E-state index is -3.70. The van der Waals surface area contributed by atoms with E-state index in [9.17, 15) is 13.2 Å². The van der Waals surface area contributed by atoms with Crippen LogP contribution in [0.15, 0.2) is 29.2 Å². The lowest BCUT2D eigenvalue weighted by Crippen LogP contribution is -2.43. The summed E-state index contributed by atoms with van der Waals surface area (Å²) in [6, 6.07) is 5.84. The van der Waals surface area contributed by atoms with Crippen molar-refractivity contribution in [2.24, 2.45) is 0 Å². The van der Waals surface area contributed by atoms with Crippen molar-refractivity contribution in [2.75, 3.05) is 27.3 Å². The summed E-state index contributed by atoms with van der Waals surface area (Å²) in [6.07, 6.45) is 0. The Morgan fingerprint density at radius 3 is 2.36 bits per heavy atom. The molecular weight excluding hydrogens is 358 g/mol. The van der Waals surface area contributed by atoms with Crippen LogP contribution in [0.5, 0.6) is 0 Å². The molecule has 8 heteroatoms. The number of esters is 1. The molecule has 0 saturated carbocycles. The van der Waals surface area contributed by atoms with Gasteiger partial charge in [0, 0.05) is 20.2 Å². The number of hydrogen-bond donors (Lipinski definition) is 0. The van der Waals surface area contributed by atoms with E-state index >= 15 is 0 Å². The van der Waals surface area contributed by atoms with E-state index in [0.717, 1.165) is 0 Å². The summed E-state index contributed by atoms with van der Waals surface area (Å²) in [5.41, 5.74) is 0.203. The zero-order valence-electron chi connectivity index (χ0n) is 16.1. The third-order valence-corrected chi connectivity index (χ3v) is 11.0. The molecule has 0 N–H and O–H groups in total. The molecule has 0 aliphatic carbocycles. The average Bonchev–Trinajstić information content (AvgIpc) is 2.52. The fourth-order valence-corrected chi connectivity index (χ4v) is 4.08. The minimum absolute atomic E-state index is 0.0604. The van der Waals surface area contributed by atoms with Crippen molar-refractivity contribution in [2.45, 2.75) is 43.8 Å². The van der Waals surface area contributed by atoms with Crippen LogP contribution in [0.3, 0.4) is 0 Å². The molecule has 0 saturated heterocycles. The highest BCUT2D eigenvalue weighted by Gasteiger charge is 2.37. The van der Waals surface area contributed by atoms with E-state index in [0.29, 0.717) is 6.61 Å². The molecule has 1 rings (SSSR count). The molecule has 0 bridgehead atoms. The van der Waals surface area contributed by atoms with Gasteiger partial charge in [0.1, 0.15) is 0 Å². The maximum atomic E-state index is 12.7. The molecule has 0 spiro atoms. The van der Waals surface area contributed by atoms with Crippen molar-refractivity contribution >= 4 is 24.3 Å². The smallest absolute Gasteiger partial charge is 0.337 e. The van der Waals surface area contributed by atoms with Crippen LogP contribution in [-0.4, -0.2) is 54.3 Å². The van der Waals surface area contributed by atoms with Gasteiger partial charge in [0.05, 0.1) is 17.6 Å². The molecule has 0 aliphatic rings. The van der Waals surface area contributed by atoms with Crippen molar-refractivity contribution in [1.82, 2.24) is 4.31 Å². The first-order valence-electron chi connectivity index (χ1n) is 8.11. The number of hydrogen-bond acceptors (Lipinski definition) is 5. The summed E-state index contributed by atoms with van der Waals surface area (Å²) in [4.78, 5) is 11.7. The summed E-state index contributed by atoms with van der Waals surface area (Å²) < 4.78 is 37.3. The van der Waals surface area contributed by atoms with Crippen LogP contribution in [0.25, 0.3) is 0 Å². The lowest BCUT2D eigenvalue weighted by Gasteiger charge is -2.36. The molecule has 6 nitrogen and oxygen atoms in total. The van der Waals surface area contributed by atoms with E-state index in [-0.39, 0.29) is 22.0 Å². The molecule has 0 unspecified atom stereocenters. The minimum Gasteiger partial charge on any atom is -0.465 e. The first-order chi connectivity index (χ1) is 11.3. The Hall–Kier alpha value is -1.22. The Bertz CT molecular complexity index is 710. The number of sulfonamides is 1. The van der Waals surface area contributed by atoms with Crippen LogP contribution < -0.4 is 0 Å². The fraction of sp³-hybridized carbons (Fsp3) is 0.588. The summed E-state index contributed by atoms with van der Waals surface area (Å²) in [7, 11) is -2.85. The molecule has 0 aliphatic heterocycles. The number of nitrogens with zero attached hydrogens (tertiary/aromatic N) is 1. The largest absolute Gasteiger partial charge is 0.465 e. The standard InChI is InChI=1S/C17H29NO5SSi/c1-17(2,3)25(6,7)23-12-11-18(4)24(20,21)15-10-8-9-14(13-15)16(19)22-5/h8-10,13H,11-12H2,1-7H3. The van der Waals surface area contributed by atoms with Gasteiger partial charge in [0.25, 0.3) is 0 Å². The topological polar surface area (TPSA) is 72.9 Å². The van der Waals surface area contributed by atoms with Crippen LogP contribution in [0, 0.1) is 0 Å². The van der Waals surface area contributed by atoms with Crippen LogP contribution in [0.4, 0.5) is 0 Å². The van der Waals surface area contributed by atoms with Crippen molar-refractivity contribution in [3.8, 4) is 0 Å². The van der Waals surface area contributed by atoms with E-state index in [1.54, 1.807) is 0 Å². The van der Waals surface area contributed by atoms with E-state index in [4.69, 9.17) is 4.43 Å². The van der Waals surface area contributed by atoms with Crippen molar-refractivity contribution < 1.29 is 22.4 Å². The number of ether oxygens (including phenoxy) is 1. The number of likely N-dealkylation sites (N-methyl/N-ethyl adjacent to an activating group) is 1. The molecule has 0 fully saturated rings. The van der Waals surface area contributed by atoms with Gasteiger partial charge in [-0.1, -0.05) is 26.8 Å². The van der Waals surface area contributed by atoms with Gasteiger partial charge >= 0.3 is 5.97 Å². The van der Waals surface area contributed by atoms with Gasteiger partial charge < -0.3 is 9.16 Å². The Morgan fingerprint density at radius 1 is 1.24 bits per heavy atom. The highest BCUT2D eigenvalue weighted by molar-refractivity contribution is 7.89. The summed E-state index contributed by atoms with van der Waals surface area (Å²) >= 11 is 0. The van der Waals surface area contributed by atoms with Crippen LogP contribution in [0.1, 0.15) is 31.1 Å². The Labute approximate surface area is 152 Å². The second-order valence-electron chi connectivity index (χ2n) is 7.45. The lowest BCUT2D eigenvalue weighted by atomic mass is 10.2. The molecule has 0 amide bonds. The molecule has 25 heavy (non-hydrogen) atoms. The second kappa shape index (κ2) is 7.99. The monoisotopic (exact) mass is 387 g/mol. The Kier molecular flexibility index (Phi) is 6.97. The average molecular weight is 388 g/mol. The Morgan fingerprint density at radius 2 is 1.84 bits per heavy atom. The first-order valence-corrected chi connectivity index (χ1v) is 12.5. The zero-order valence-corrected chi connectivity index (χ0v) is 17.9. The molecule has 1 aromatic carbocycles. The van der Waals surface area contributed by atoms with Gasteiger partial charge in [-0.3, -0.25) is 0 Å². The van der Waals surface area contributed by atoms with E-state index in [1.165, 1.54) is 42.7 Å². The molecule has 0 atom stereocenters. The first kappa shape index (κ1) is 21.8. The maximum Gasteiger partial charge on any atom is 0.337 e. The fourth-order valence-electron chi connectivity index (χ4n) is 1.85. The molecule has 0 heterocycles. The zero-order chi connectivity index (χ0) is 19.5. The molecular formula is C17H29NO5SSi. The van der Waals surface area contributed by atoms with E-state index in [1.807, 2.05) is 0 Å². The molecule has 1 aromatic rings. The van der Waals surface area contributed by atoms with Crippen LogP contribution in [0.2, 0.25) is 18.1 Å². The van der Waals surface area contributed by atoms with Crippen molar-refractivity contribution in [3.05, 3.63) is 29.8 Å². The molecule has 0 radical (unpaired) electrons. The predicted octanol–water partition coefficient (Wildman–Crippen LogP) is 3.12. The maximum absolute atomic E-state index is 12.7. The van der Waals surface area contributed by atoms with Gasteiger partial charge in [-0.05, 0) is 36.3 Å². The number of benzene rings is 1. The number of rotatable bonds is 7. The molecule has 142 valence electrons. The highest BCUT2D eigenvalue weighted by Crippen LogP contribution is 2.36. The van der Waals surface area contributed by atoms with Crippen LogP contribution in [-0.2, 0) is 19.2 Å². The summed E-state index contributed by atoms with van der Waals surface area (Å²) in [5.74, 6) is -0.569. The van der Waals surface area contributed by atoms with Gasteiger partial charge in [-0.25, -0.2) is 13.2 Å². The third-order valence-electron chi connectivity index (χ3n) is 4.64. The molecule has 0 aromatic heterocycles. The van der Waals surface area contributed by atoms with Gasteiger partial charge in [-0.2, -0.15) is 4.31 Å². The summed E-state index contributed by atoms with van der Waals surface area (Å²) in [5, 5.41) is 0.0687. The van der Waals surface area contributed by atoms with Gasteiger partial charge in [0.15, 0.2) is 8.32 Å². The third kappa shape index (κ3) is 5.37. The highest BCUT2D eigenvalue weighted by atomic mass is 32.2. The van der Waals surface area contributed by atoms with E-state index in [2.05, 4.69) is 38.6 Å².